The molecule has 7 nitrogen and oxygen atoms in total. The fourth-order valence-electron chi connectivity index (χ4n) is 3.02. The first kappa shape index (κ1) is 20.3. The lowest BCUT2D eigenvalue weighted by molar-refractivity contribution is 0.102. The largest absolute Gasteiger partial charge is 0.497 e. The van der Waals surface area contributed by atoms with E-state index in [-0.39, 0.29) is 16.3 Å². The monoisotopic (exact) mass is 424 g/mol. The van der Waals surface area contributed by atoms with Gasteiger partial charge in [-0.1, -0.05) is 11.6 Å². The first-order chi connectivity index (χ1) is 13.4. The summed E-state index contributed by atoms with van der Waals surface area (Å²) in [5, 5.41) is 2.91. The van der Waals surface area contributed by atoms with Gasteiger partial charge in [-0.2, -0.15) is 0 Å². The molecule has 2 aromatic rings. The summed E-state index contributed by atoms with van der Waals surface area (Å²) >= 11 is 6.30. The molecule has 1 aliphatic rings. The van der Waals surface area contributed by atoms with E-state index in [1.165, 1.54) is 30.7 Å². The van der Waals surface area contributed by atoms with Gasteiger partial charge in [0.05, 0.1) is 41.9 Å². The molecule has 0 aromatic heterocycles. The number of hydrogen-bond donors (Lipinski definition) is 1. The third kappa shape index (κ3) is 4.18. The molecule has 0 aliphatic carbocycles. The minimum Gasteiger partial charge on any atom is -0.497 e. The highest BCUT2D eigenvalue weighted by Gasteiger charge is 2.27. The van der Waals surface area contributed by atoms with E-state index in [2.05, 4.69) is 5.32 Å². The first-order valence-corrected chi connectivity index (χ1v) is 10.7. The van der Waals surface area contributed by atoms with Gasteiger partial charge in [0.25, 0.3) is 5.91 Å². The Hall–Kier alpha value is -2.45. The van der Waals surface area contributed by atoms with Crippen molar-refractivity contribution in [2.75, 3.05) is 36.1 Å². The maximum Gasteiger partial charge on any atom is 0.257 e. The Balaban J connectivity index is 1.86. The second kappa shape index (κ2) is 8.28. The molecule has 0 spiro atoms. The predicted octanol–water partition coefficient (Wildman–Crippen LogP) is 3.54. The number of carbonyl (C=O) groups excluding carboxylic acids is 1. The number of hydrogen-bond acceptors (Lipinski definition) is 5. The summed E-state index contributed by atoms with van der Waals surface area (Å²) in [6, 6.07) is 9.65. The zero-order valence-electron chi connectivity index (χ0n) is 15.6. The smallest absolute Gasteiger partial charge is 0.257 e. The van der Waals surface area contributed by atoms with Gasteiger partial charge in [0.2, 0.25) is 10.0 Å². The van der Waals surface area contributed by atoms with Gasteiger partial charge in [-0.25, -0.2) is 8.42 Å². The van der Waals surface area contributed by atoms with Crippen molar-refractivity contribution >= 4 is 38.9 Å². The van der Waals surface area contributed by atoms with E-state index in [9.17, 15) is 13.2 Å². The minimum absolute atomic E-state index is 0.114. The van der Waals surface area contributed by atoms with Crippen LogP contribution in [0.15, 0.2) is 36.4 Å². The number of carbonyl (C=O) groups is 1. The van der Waals surface area contributed by atoms with Gasteiger partial charge in [0, 0.05) is 12.6 Å². The van der Waals surface area contributed by atoms with E-state index in [1.807, 2.05) is 0 Å². The highest BCUT2D eigenvalue weighted by molar-refractivity contribution is 7.92. The van der Waals surface area contributed by atoms with E-state index in [4.69, 9.17) is 21.1 Å². The van der Waals surface area contributed by atoms with Gasteiger partial charge >= 0.3 is 0 Å². The van der Waals surface area contributed by atoms with Crippen molar-refractivity contribution in [2.45, 2.75) is 12.8 Å². The summed E-state index contributed by atoms with van der Waals surface area (Å²) in [7, 11) is -0.324. The second-order valence-electron chi connectivity index (χ2n) is 6.28. The third-order valence-electron chi connectivity index (χ3n) is 4.49. The van der Waals surface area contributed by atoms with E-state index >= 15 is 0 Å². The average Bonchev–Trinajstić information content (AvgIpc) is 2.67. The lowest BCUT2D eigenvalue weighted by atomic mass is 10.1. The topological polar surface area (TPSA) is 84.9 Å². The normalized spacial score (nSPS) is 15.8. The molecule has 0 saturated carbocycles. The van der Waals surface area contributed by atoms with Crippen LogP contribution in [0.5, 0.6) is 11.5 Å². The average molecular weight is 425 g/mol. The van der Waals surface area contributed by atoms with Gasteiger partial charge in [-0.05, 0) is 43.2 Å². The number of halogens is 1. The van der Waals surface area contributed by atoms with Crippen molar-refractivity contribution in [3.63, 3.8) is 0 Å². The van der Waals surface area contributed by atoms with Crippen molar-refractivity contribution in [3.8, 4) is 11.5 Å². The van der Waals surface area contributed by atoms with Crippen LogP contribution in [0.4, 0.5) is 11.4 Å². The van der Waals surface area contributed by atoms with Crippen LogP contribution in [-0.2, 0) is 10.0 Å². The minimum atomic E-state index is -3.35. The maximum atomic E-state index is 12.7. The van der Waals surface area contributed by atoms with Crippen molar-refractivity contribution in [3.05, 3.63) is 47.0 Å². The van der Waals surface area contributed by atoms with Crippen LogP contribution in [-0.4, -0.2) is 40.8 Å². The second-order valence-corrected chi connectivity index (χ2v) is 8.70. The van der Waals surface area contributed by atoms with Gasteiger partial charge in [0.1, 0.15) is 11.5 Å². The molecule has 150 valence electrons. The Morgan fingerprint density at radius 3 is 2.54 bits per heavy atom. The van der Waals surface area contributed by atoms with Crippen molar-refractivity contribution < 1.29 is 22.7 Å². The molecule has 1 heterocycles. The Morgan fingerprint density at radius 2 is 1.89 bits per heavy atom. The Kier molecular flexibility index (Phi) is 6.00. The van der Waals surface area contributed by atoms with Gasteiger partial charge in [-0.15, -0.1) is 0 Å². The summed E-state index contributed by atoms with van der Waals surface area (Å²) in [4.78, 5) is 12.7. The Morgan fingerprint density at radius 1 is 1.11 bits per heavy atom. The molecule has 1 N–H and O–H groups in total. The van der Waals surface area contributed by atoms with Crippen LogP contribution in [0.2, 0.25) is 5.02 Å². The maximum absolute atomic E-state index is 12.7. The van der Waals surface area contributed by atoms with Gasteiger partial charge in [-0.3, -0.25) is 9.10 Å². The molecule has 1 fully saturated rings. The number of rotatable bonds is 5. The highest BCUT2D eigenvalue weighted by Crippen LogP contribution is 2.31. The summed E-state index contributed by atoms with van der Waals surface area (Å²) in [5.41, 5.74) is 1.12. The fourth-order valence-corrected chi connectivity index (χ4v) is 4.92. The molecule has 0 radical (unpaired) electrons. The first-order valence-electron chi connectivity index (χ1n) is 8.69. The lowest BCUT2D eigenvalue weighted by Crippen LogP contribution is -2.37. The van der Waals surface area contributed by atoms with E-state index in [0.29, 0.717) is 35.8 Å². The lowest BCUT2D eigenvalue weighted by Gasteiger charge is -2.28. The highest BCUT2D eigenvalue weighted by atomic mass is 35.5. The molecule has 1 saturated heterocycles. The third-order valence-corrected chi connectivity index (χ3v) is 6.67. The van der Waals surface area contributed by atoms with Gasteiger partial charge in [0.15, 0.2) is 0 Å². The van der Waals surface area contributed by atoms with Crippen LogP contribution in [0.1, 0.15) is 23.2 Å². The van der Waals surface area contributed by atoms with Crippen molar-refractivity contribution in [1.29, 1.82) is 0 Å². The van der Waals surface area contributed by atoms with E-state index in [0.717, 1.165) is 6.42 Å². The summed E-state index contributed by atoms with van der Waals surface area (Å²) < 4.78 is 36.3. The van der Waals surface area contributed by atoms with Gasteiger partial charge < -0.3 is 14.8 Å². The molecule has 3 rings (SSSR count). The molecule has 28 heavy (non-hydrogen) atoms. The van der Waals surface area contributed by atoms with Crippen LogP contribution >= 0.6 is 11.6 Å². The standard InChI is InChI=1S/C19H21ClN2O5S/c1-26-14-6-8-18(27-2)17(12-14)21-19(23)15-7-5-13(11-16(15)20)22-9-3-4-10-28(22,24)25/h5-8,11-12H,3-4,9-10H2,1-2H3,(H,21,23). The number of nitrogens with one attached hydrogen (secondary N) is 1. The molecule has 2 aromatic carbocycles. The van der Waals surface area contributed by atoms with E-state index < -0.39 is 15.9 Å². The molecule has 0 unspecified atom stereocenters. The SMILES string of the molecule is COc1ccc(OC)c(NC(=O)c2ccc(N3CCCCS3(=O)=O)cc2Cl)c1. The van der Waals surface area contributed by atoms with Crippen LogP contribution in [0.25, 0.3) is 0 Å². The summed E-state index contributed by atoms with van der Waals surface area (Å²) in [5.74, 6) is 0.710. The molecular weight excluding hydrogens is 404 g/mol. The van der Waals surface area contributed by atoms with E-state index in [1.54, 1.807) is 24.3 Å². The molecule has 9 heteroatoms. The number of amides is 1. The summed E-state index contributed by atoms with van der Waals surface area (Å²) in [6.07, 6.45) is 1.43. The van der Waals surface area contributed by atoms with Crippen LogP contribution < -0.4 is 19.1 Å². The number of benzene rings is 2. The number of sulfonamides is 1. The molecule has 0 atom stereocenters. The number of nitrogens with zero attached hydrogens (tertiary/aromatic N) is 1. The van der Waals surface area contributed by atoms with Crippen molar-refractivity contribution in [2.24, 2.45) is 0 Å². The number of methoxy groups -OCH3 is 2. The summed E-state index contributed by atoms with van der Waals surface area (Å²) in [6.45, 7) is 0.408. The van der Waals surface area contributed by atoms with Crippen LogP contribution in [0, 0.1) is 0 Å². The Labute approximate surface area is 169 Å². The number of anilines is 2. The molecule has 0 bridgehead atoms. The van der Waals surface area contributed by atoms with Crippen LogP contribution in [0.3, 0.4) is 0 Å². The zero-order valence-corrected chi connectivity index (χ0v) is 17.1. The fraction of sp³-hybridized carbons (Fsp3) is 0.316. The quantitative estimate of drug-likeness (QED) is 0.793. The zero-order chi connectivity index (χ0) is 20.3. The molecular formula is C19H21ClN2O5S. The Bertz CT molecular complexity index is 994. The molecule has 1 amide bonds. The molecule has 1 aliphatic heterocycles. The van der Waals surface area contributed by atoms with Crippen molar-refractivity contribution in [1.82, 2.24) is 0 Å². The number of ether oxygens (including phenoxy) is 2. The predicted molar refractivity (Wildman–Crippen MR) is 109 cm³/mol.